The lowest BCUT2D eigenvalue weighted by Gasteiger charge is -2.37. The monoisotopic (exact) mass is 236 g/mol. The number of halogens is 1. The van der Waals surface area contributed by atoms with Crippen LogP contribution < -0.4 is 5.73 Å². The summed E-state index contributed by atoms with van der Waals surface area (Å²) in [5.41, 5.74) is 7.22. The van der Waals surface area contributed by atoms with Crippen molar-refractivity contribution < 1.29 is 4.39 Å². The molecule has 0 spiro atoms. The van der Waals surface area contributed by atoms with Gasteiger partial charge in [-0.1, -0.05) is 19.1 Å². The van der Waals surface area contributed by atoms with Crippen molar-refractivity contribution in [3.8, 4) is 0 Å². The molecule has 17 heavy (non-hydrogen) atoms. The summed E-state index contributed by atoms with van der Waals surface area (Å²) in [6.45, 7) is 4.23. The smallest absolute Gasteiger partial charge is 0.123 e. The summed E-state index contributed by atoms with van der Waals surface area (Å²) in [5, 5.41) is 0. The standard InChI is InChI=1S/C14H21FN2/c1-2-14(11-5-7-12(15)8-6-11)17-9-3-4-13(16)10-17/h5-8,13-14H,2-4,9-10,16H2,1H3. The first-order chi connectivity index (χ1) is 8.20. The lowest BCUT2D eigenvalue weighted by molar-refractivity contribution is 0.145. The van der Waals surface area contributed by atoms with Gasteiger partial charge in [0, 0.05) is 18.6 Å². The maximum absolute atomic E-state index is 12.9. The molecule has 0 radical (unpaired) electrons. The molecule has 3 heteroatoms. The molecule has 1 aliphatic heterocycles. The van der Waals surface area contributed by atoms with Crippen molar-refractivity contribution in [3.63, 3.8) is 0 Å². The van der Waals surface area contributed by atoms with Crippen LogP contribution in [-0.4, -0.2) is 24.0 Å². The summed E-state index contributed by atoms with van der Waals surface area (Å²) in [5.74, 6) is -0.168. The number of benzene rings is 1. The Balaban J connectivity index is 2.12. The van der Waals surface area contributed by atoms with Gasteiger partial charge in [-0.15, -0.1) is 0 Å². The van der Waals surface area contributed by atoms with Crippen molar-refractivity contribution >= 4 is 0 Å². The van der Waals surface area contributed by atoms with Crippen LogP contribution in [0.1, 0.15) is 37.8 Å². The maximum Gasteiger partial charge on any atom is 0.123 e. The third kappa shape index (κ3) is 3.05. The zero-order valence-electron chi connectivity index (χ0n) is 10.4. The Bertz CT molecular complexity index is 350. The topological polar surface area (TPSA) is 29.3 Å². The fourth-order valence-electron chi connectivity index (χ4n) is 2.71. The zero-order chi connectivity index (χ0) is 12.3. The van der Waals surface area contributed by atoms with E-state index in [-0.39, 0.29) is 5.82 Å². The number of likely N-dealkylation sites (tertiary alicyclic amines) is 1. The summed E-state index contributed by atoms with van der Waals surface area (Å²) in [7, 11) is 0. The number of rotatable bonds is 3. The molecule has 2 atom stereocenters. The lowest BCUT2D eigenvalue weighted by atomic mass is 9.98. The van der Waals surface area contributed by atoms with E-state index in [2.05, 4.69) is 11.8 Å². The van der Waals surface area contributed by atoms with Crippen molar-refractivity contribution in [3.05, 3.63) is 35.6 Å². The second kappa shape index (κ2) is 5.61. The van der Waals surface area contributed by atoms with Gasteiger partial charge in [0.05, 0.1) is 0 Å². The first-order valence-corrected chi connectivity index (χ1v) is 6.45. The summed E-state index contributed by atoms with van der Waals surface area (Å²) >= 11 is 0. The zero-order valence-corrected chi connectivity index (χ0v) is 10.4. The van der Waals surface area contributed by atoms with Gasteiger partial charge in [-0.2, -0.15) is 0 Å². The second-order valence-electron chi connectivity index (χ2n) is 4.87. The van der Waals surface area contributed by atoms with Gasteiger partial charge in [-0.05, 0) is 43.5 Å². The highest BCUT2D eigenvalue weighted by molar-refractivity contribution is 5.20. The Kier molecular flexibility index (Phi) is 4.13. The lowest BCUT2D eigenvalue weighted by Crippen LogP contribution is -2.44. The molecule has 1 aliphatic rings. The van der Waals surface area contributed by atoms with Crippen LogP contribution in [0.15, 0.2) is 24.3 Å². The SMILES string of the molecule is CCC(c1ccc(F)cc1)N1CCCC(N)C1. The summed E-state index contributed by atoms with van der Waals surface area (Å²) in [4.78, 5) is 2.43. The molecule has 1 aromatic rings. The molecule has 1 aromatic carbocycles. The highest BCUT2D eigenvalue weighted by atomic mass is 19.1. The Hall–Kier alpha value is -0.930. The predicted molar refractivity (Wildman–Crippen MR) is 68.2 cm³/mol. The van der Waals surface area contributed by atoms with Crippen molar-refractivity contribution in [2.45, 2.75) is 38.3 Å². The van der Waals surface area contributed by atoms with Crippen LogP contribution in [0.4, 0.5) is 4.39 Å². The van der Waals surface area contributed by atoms with Gasteiger partial charge in [0.1, 0.15) is 5.82 Å². The number of piperidine rings is 1. The third-order valence-electron chi connectivity index (χ3n) is 3.57. The molecular weight excluding hydrogens is 215 g/mol. The average molecular weight is 236 g/mol. The Labute approximate surface area is 103 Å². The Morgan fingerprint density at radius 1 is 1.41 bits per heavy atom. The van der Waals surface area contributed by atoms with Gasteiger partial charge in [0.15, 0.2) is 0 Å². The van der Waals surface area contributed by atoms with E-state index in [1.54, 1.807) is 12.1 Å². The first kappa shape index (κ1) is 12.5. The number of nitrogens with zero attached hydrogens (tertiary/aromatic N) is 1. The van der Waals surface area contributed by atoms with Gasteiger partial charge in [-0.25, -0.2) is 4.39 Å². The van der Waals surface area contributed by atoms with Crippen LogP contribution in [0.3, 0.4) is 0 Å². The van der Waals surface area contributed by atoms with Crippen molar-refractivity contribution in [2.24, 2.45) is 5.73 Å². The van der Waals surface area contributed by atoms with Crippen LogP contribution >= 0.6 is 0 Å². The molecule has 2 rings (SSSR count). The van der Waals surface area contributed by atoms with Crippen LogP contribution in [0.5, 0.6) is 0 Å². The fourth-order valence-corrected chi connectivity index (χ4v) is 2.71. The first-order valence-electron chi connectivity index (χ1n) is 6.45. The number of hydrogen-bond acceptors (Lipinski definition) is 2. The molecule has 1 heterocycles. The molecular formula is C14H21FN2. The van der Waals surface area contributed by atoms with Crippen LogP contribution in [0, 0.1) is 5.82 Å². The highest BCUT2D eigenvalue weighted by Crippen LogP contribution is 2.27. The second-order valence-corrected chi connectivity index (χ2v) is 4.87. The van der Waals surface area contributed by atoms with Gasteiger partial charge in [0.2, 0.25) is 0 Å². The maximum atomic E-state index is 12.9. The molecule has 0 amide bonds. The summed E-state index contributed by atoms with van der Waals surface area (Å²) in [6.07, 6.45) is 3.33. The van der Waals surface area contributed by atoms with Gasteiger partial charge >= 0.3 is 0 Å². The van der Waals surface area contributed by atoms with E-state index in [1.165, 1.54) is 12.0 Å². The molecule has 0 aromatic heterocycles. The summed E-state index contributed by atoms with van der Waals surface area (Å²) in [6, 6.07) is 7.54. The highest BCUT2D eigenvalue weighted by Gasteiger charge is 2.23. The Morgan fingerprint density at radius 3 is 2.71 bits per heavy atom. The van der Waals surface area contributed by atoms with E-state index in [4.69, 9.17) is 5.73 Å². The van der Waals surface area contributed by atoms with Crippen LogP contribution in [0.25, 0.3) is 0 Å². The van der Waals surface area contributed by atoms with E-state index in [9.17, 15) is 4.39 Å². The Morgan fingerprint density at radius 2 is 2.12 bits per heavy atom. The third-order valence-corrected chi connectivity index (χ3v) is 3.57. The van der Waals surface area contributed by atoms with E-state index in [1.807, 2.05) is 12.1 Å². The normalized spacial score (nSPS) is 23.6. The van der Waals surface area contributed by atoms with Crippen molar-refractivity contribution in [1.29, 1.82) is 0 Å². The minimum Gasteiger partial charge on any atom is -0.327 e. The minimum absolute atomic E-state index is 0.168. The van der Waals surface area contributed by atoms with Crippen molar-refractivity contribution in [1.82, 2.24) is 4.90 Å². The van der Waals surface area contributed by atoms with Gasteiger partial charge in [-0.3, -0.25) is 4.90 Å². The van der Waals surface area contributed by atoms with Crippen LogP contribution in [-0.2, 0) is 0 Å². The average Bonchev–Trinajstić information content (AvgIpc) is 2.33. The summed E-state index contributed by atoms with van der Waals surface area (Å²) < 4.78 is 12.9. The molecule has 2 nitrogen and oxygen atoms in total. The largest absolute Gasteiger partial charge is 0.327 e. The van der Waals surface area contributed by atoms with Crippen LogP contribution in [0.2, 0.25) is 0 Å². The molecule has 2 N–H and O–H groups in total. The number of nitrogens with two attached hydrogens (primary N) is 1. The van der Waals surface area contributed by atoms with E-state index >= 15 is 0 Å². The molecule has 0 aliphatic carbocycles. The van der Waals surface area contributed by atoms with E-state index in [0.29, 0.717) is 12.1 Å². The molecule has 94 valence electrons. The van der Waals surface area contributed by atoms with Crippen molar-refractivity contribution in [2.75, 3.05) is 13.1 Å². The number of hydrogen-bond donors (Lipinski definition) is 1. The quantitative estimate of drug-likeness (QED) is 0.874. The molecule has 1 saturated heterocycles. The van der Waals surface area contributed by atoms with Gasteiger partial charge in [0.25, 0.3) is 0 Å². The van der Waals surface area contributed by atoms with E-state index in [0.717, 1.165) is 25.9 Å². The van der Waals surface area contributed by atoms with Gasteiger partial charge < -0.3 is 5.73 Å². The predicted octanol–water partition coefficient (Wildman–Crippen LogP) is 2.70. The molecule has 0 saturated carbocycles. The molecule has 2 unspecified atom stereocenters. The van der Waals surface area contributed by atoms with E-state index < -0.39 is 0 Å². The molecule has 1 fully saturated rings. The fraction of sp³-hybridized carbons (Fsp3) is 0.571. The minimum atomic E-state index is -0.168. The molecule has 0 bridgehead atoms.